The Morgan fingerprint density at radius 1 is 1.41 bits per heavy atom. The zero-order valence-corrected chi connectivity index (χ0v) is 10.4. The van der Waals surface area contributed by atoms with Gasteiger partial charge in [0.15, 0.2) is 17.5 Å². The molecule has 3 N–H and O–H groups in total. The van der Waals surface area contributed by atoms with E-state index in [0.29, 0.717) is 29.0 Å². The first-order valence-electron chi connectivity index (χ1n) is 5.14. The van der Waals surface area contributed by atoms with Gasteiger partial charge in [-0.05, 0) is 11.6 Å². The largest absolute Gasteiger partial charge is 0.493 e. The number of ether oxygens (including phenoxy) is 2. The lowest BCUT2D eigenvalue weighted by atomic mass is 10.1. The number of halogens is 1. The van der Waals surface area contributed by atoms with Gasteiger partial charge in [-0.3, -0.25) is 4.99 Å². The Morgan fingerprint density at radius 3 is 2.71 bits per heavy atom. The van der Waals surface area contributed by atoms with Crippen LogP contribution >= 0.6 is 11.6 Å². The van der Waals surface area contributed by atoms with Crippen LogP contribution in [0.25, 0.3) is 0 Å². The minimum Gasteiger partial charge on any atom is -0.493 e. The van der Waals surface area contributed by atoms with Gasteiger partial charge in [0.2, 0.25) is 0 Å². The van der Waals surface area contributed by atoms with Gasteiger partial charge in [-0.2, -0.15) is 0 Å². The highest BCUT2D eigenvalue weighted by Gasteiger charge is 2.23. The summed E-state index contributed by atoms with van der Waals surface area (Å²) in [6.07, 6.45) is 0. The molecule has 1 atom stereocenters. The van der Waals surface area contributed by atoms with E-state index in [1.165, 1.54) is 0 Å². The van der Waals surface area contributed by atoms with Gasteiger partial charge in [-0.25, -0.2) is 0 Å². The first-order valence-corrected chi connectivity index (χ1v) is 5.52. The summed E-state index contributed by atoms with van der Waals surface area (Å²) >= 11 is 6.28. The summed E-state index contributed by atoms with van der Waals surface area (Å²) < 4.78 is 10.4. The molecule has 2 rings (SSSR count). The van der Waals surface area contributed by atoms with E-state index in [1.54, 1.807) is 14.2 Å². The molecule has 0 fully saturated rings. The van der Waals surface area contributed by atoms with Gasteiger partial charge in [-0.15, -0.1) is 0 Å². The molecule has 0 saturated heterocycles. The quantitative estimate of drug-likeness (QED) is 0.855. The lowest BCUT2D eigenvalue weighted by Crippen LogP contribution is -2.29. The number of hydrogen-bond acceptors (Lipinski definition) is 5. The van der Waals surface area contributed by atoms with Gasteiger partial charge in [0, 0.05) is 0 Å². The maximum Gasteiger partial charge on any atom is 0.189 e. The van der Waals surface area contributed by atoms with Gasteiger partial charge >= 0.3 is 0 Å². The standard InChI is InChI=1S/C11H14ClN3O2/c1-16-8-4-3-6(9(12)10(8)17-2)7-5-14-11(13)15-7/h3-4,7H,5H2,1-2H3,(H3,13,14,15). The Morgan fingerprint density at radius 2 is 2.18 bits per heavy atom. The second-order valence-electron chi connectivity index (χ2n) is 3.63. The van der Waals surface area contributed by atoms with Crippen molar-refractivity contribution in [2.45, 2.75) is 6.04 Å². The number of methoxy groups -OCH3 is 2. The second-order valence-corrected chi connectivity index (χ2v) is 4.01. The number of aliphatic imine (C=N–C) groups is 1. The van der Waals surface area contributed by atoms with Crippen molar-refractivity contribution in [1.82, 2.24) is 5.32 Å². The maximum absolute atomic E-state index is 6.28. The summed E-state index contributed by atoms with van der Waals surface area (Å²) in [7, 11) is 3.13. The predicted octanol–water partition coefficient (Wildman–Crippen LogP) is 1.32. The average Bonchev–Trinajstić information content (AvgIpc) is 2.75. The molecular weight excluding hydrogens is 242 g/mol. The molecule has 0 bridgehead atoms. The molecule has 0 amide bonds. The van der Waals surface area contributed by atoms with Crippen molar-refractivity contribution in [3.05, 3.63) is 22.7 Å². The molecule has 92 valence electrons. The Bertz CT molecular complexity index is 462. The SMILES string of the molecule is COc1ccc(C2CN=C(N)N2)c(Cl)c1OC. The number of hydrogen-bond donors (Lipinski definition) is 2. The van der Waals surface area contributed by atoms with Crippen LogP contribution in [0.3, 0.4) is 0 Å². The zero-order valence-electron chi connectivity index (χ0n) is 9.66. The Labute approximate surface area is 105 Å². The van der Waals surface area contributed by atoms with Crippen LogP contribution in [-0.4, -0.2) is 26.7 Å². The maximum atomic E-state index is 6.28. The molecule has 0 saturated carbocycles. The molecule has 17 heavy (non-hydrogen) atoms. The van der Waals surface area contributed by atoms with Crippen molar-refractivity contribution in [2.75, 3.05) is 20.8 Å². The van der Waals surface area contributed by atoms with E-state index < -0.39 is 0 Å². The van der Waals surface area contributed by atoms with Crippen LogP contribution in [0.2, 0.25) is 5.02 Å². The van der Waals surface area contributed by atoms with E-state index >= 15 is 0 Å². The summed E-state index contributed by atoms with van der Waals surface area (Å²) in [5.74, 6) is 1.56. The lowest BCUT2D eigenvalue weighted by molar-refractivity contribution is 0.354. The Balaban J connectivity index is 2.36. The number of nitrogens with one attached hydrogen (secondary N) is 1. The van der Waals surface area contributed by atoms with Crippen LogP contribution in [0.5, 0.6) is 11.5 Å². The Kier molecular flexibility index (Phi) is 3.28. The van der Waals surface area contributed by atoms with Crippen LogP contribution in [0.1, 0.15) is 11.6 Å². The summed E-state index contributed by atoms with van der Waals surface area (Å²) in [4.78, 5) is 4.09. The minimum absolute atomic E-state index is 0.0118. The van der Waals surface area contributed by atoms with Crippen LogP contribution in [0.15, 0.2) is 17.1 Å². The van der Waals surface area contributed by atoms with Crippen molar-refractivity contribution in [2.24, 2.45) is 10.7 Å². The highest BCUT2D eigenvalue weighted by atomic mass is 35.5. The number of nitrogens with zero attached hydrogens (tertiary/aromatic N) is 1. The number of rotatable bonds is 3. The summed E-state index contributed by atoms with van der Waals surface area (Å²) in [6, 6.07) is 3.69. The van der Waals surface area contributed by atoms with Gasteiger partial charge in [0.25, 0.3) is 0 Å². The molecule has 1 unspecified atom stereocenters. The predicted molar refractivity (Wildman–Crippen MR) is 66.9 cm³/mol. The molecule has 0 spiro atoms. The molecule has 1 aliphatic heterocycles. The van der Waals surface area contributed by atoms with Crippen molar-refractivity contribution in [1.29, 1.82) is 0 Å². The fourth-order valence-corrected chi connectivity index (χ4v) is 2.17. The molecule has 0 aromatic heterocycles. The van der Waals surface area contributed by atoms with Crippen LogP contribution in [0.4, 0.5) is 0 Å². The fraction of sp³-hybridized carbons (Fsp3) is 0.364. The second kappa shape index (κ2) is 4.71. The fourth-order valence-electron chi connectivity index (χ4n) is 1.81. The van der Waals surface area contributed by atoms with Crippen LogP contribution < -0.4 is 20.5 Å². The first-order chi connectivity index (χ1) is 8.17. The number of guanidine groups is 1. The van der Waals surface area contributed by atoms with Crippen molar-refractivity contribution < 1.29 is 9.47 Å². The van der Waals surface area contributed by atoms with E-state index in [9.17, 15) is 0 Å². The molecule has 1 aromatic rings. The monoisotopic (exact) mass is 255 g/mol. The van der Waals surface area contributed by atoms with Gasteiger partial charge in [0.05, 0.1) is 31.8 Å². The topological polar surface area (TPSA) is 68.9 Å². The molecule has 1 heterocycles. The van der Waals surface area contributed by atoms with Gasteiger partial charge in [0.1, 0.15) is 0 Å². The normalized spacial score (nSPS) is 18.5. The third-order valence-electron chi connectivity index (χ3n) is 2.66. The van der Waals surface area contributed by atoms with Gasteiger partial charge in [-0.1, -0.05) is 17.7 Å². The number of benzene rings is 1. The zero-order chi connectivity index (χ0) is 12.4. The van der Waals surface area contributed by atoms with Gasteiger partial charge < -0.3 is 20.5 Å². The third-order valence-corrected chi connectivity index (χ3v) is 3.05. The van der Waals surface area contributed by atoms with Crippen molar-refractivity contribution >= 4 is 17.6 Å². The van der Waals surface area contributed by atoms with Crippen molar-refractivity contribution in [3.8, 4) is 11.5 Å². The summed E-state index contributed by atoms with van der Waals surface area (Å²) in [5.41, 5.74) is 6.48. The molecular formula is C11H14ClN3O2. The molecule has 5 nitrogen and oxygen atoms in total. The first kappa shape index (κ1) is 11.9. The molecule has 1 aromatic carbocycles. The minimum atomic E-state index is -0.0118. The summed E-state index contributed by atoms with van der Waals surface area (Å²) in [5, 5.41) is 3.57. The van der Waals surface area contributed by atoms with Crippen LogP contribution in [0, 0.1) is 0 Å². The van der Waals surface area contributed by atoms with E-state index in [0.717, 1.165) is 5.56 Å². The van der Waals surface area contributed by atoms with E-state index in [1.807, 2.05) is 12.1 Å². The smallest absolute Gasteiger partial charge is 0.189 e. The molecule has 0 aliphatic carbocycles. The highest BCUT2D eigenvalue weighted by molar-refractivity contribution is 6.33. The van der Waals surface area contributed by atoms with E-state index in [4.69, 9.17) is 26.8 Å². The molecule has 6 heteroatoms. The van der Waals surface area contributed by atoms with E-state index in [-0.39, 0.29) is 6.04 Å². The summed E-state index contributed by atoms with van der Waals surface area (Å²) in [6.45, 7) is 0.570. The third kappa shape index (κ3) is 2.10. The number of nitrogens with two attached hydrogens (primary N) is 1. The van der Waals surface area contributed by atoms with Crippen molar-refractivity contribution in [3.63, 3.8) is 0 Å². The van der Waals surface area contributed by atoms with Crippen LogP contribution in [-0.2, 0) is 0 Å². The lowest BCUT2D eigenvalue weighted by Gasteiger charge is -2.17. The van der Waals surface area contributed by atoms with E-state index in [2.05, 4.69) is 10.3 Å². The average molecular weight is 256 g/mol. The molecule has 0 radical (unpaired) electrons. The molecule has 1 aliphatic rings. The Hall–Kier alpha value is -1.62. The highest BCUT2D eigenvalue weighted by Crippen LogP contribution is 2.39.